The summed E-state index contributed by atoms with van der Waals surface area (Å²) in [4.78, 5) is 12.2. The number of hydrogen-bond donors (Lipinski definition) is 1. The number of nitrogens with zero attached hydrogens (tertiary/aromatic N) is 3. The van der Waals surface area contributed by atoms with Gasteiger partial charge in [-0.3, -0.25) is 4.79 Å². The van der Waals surface area contributed by atoms with Crippen LogP contribution in [0, 0.1) is 5.82 Å². The van der Waals surface area contributed by atoms with Crippen molar-refractivity contribution in [3.63, 3.8) is 0 Å². The molecule has 0 aliphatic rings. The number of rotatable bonds is 6. The number of anilines is 1. The molecule has 8 heteroatoms. The number of hydrogen-bond acceptors (Lipinski definition) is 4. The Kier molecular flexibility index (Phi) is 6.15. The van der Waals surface area contributed by atoms with E-state index in [1.54, 1.807) is 6.07 Å². The Hall–Kier alpha value is -2.71. The van der Waals surface area contributed by atoms with E-state index >= 15 is 0 Å². The summed E-state index contributed by atoms with van der Waals surface area (Å²) in [6.45, 7) is 0. The van der Waals surface area contributed by atoms with Gasteiger partial charge in [-0.05, 0) is 34.5 Å². The SMILES string of the molecule is Cn1c(Cc2cccc3ccccc23)nnc1SCC(=O)Nc1ccc(Br)cc1F. The van der Waals surface area contributed by atoms with E-state index in [2.05, 4.69) is 55.7 Å². The van der Waals surface area contributed by atoms with Gasteiger partial charge in [0.15, 0.2) is 5.16 Å². The summed E-state index contributed by atoms with van der Waals surface area (Å²) in [5, 5.41) is 14.1. The normalized spacial score (nSPS) is 11.0. The third-order valence-corrected chi connectivity index (χ3v) is 6.20. The van der Waals surface area contributed by atoms with Gasteiger partial charge in [0.05, 0.1) is 11.4 Å². The van der Waals surface area contributed by atoms with Crippen molar-refractivity contribution in [3.8, 4) is 0 Å². The van der Waals surface area contributed by atoms with Crippen molar-refractivity contribution in [2.45, 2.75) is 11.6 Å². The van der Waals surface area contributed by atoms with E-state index in [-0.39, 0.29) is 17.3 Å². The zero-order valence-corrected chi connectivity index (χ0v) is 18.5. The van der Waals surface area contributed by atoms with Crippen LogP contribution in [0.25, 0.3) is 10.8 Å². The molecule has 0 unspecified atom stereocenters. The van der Waals surface area contributed by atoms with Crippen molar-refractivity contribution in [2.75, 3.05) is 11.1 Å². The molecule has 0 spiro atoms. The lowest BCUT2D eigenvalue weighted by Crippen LogP contribution is -2.15. The summed E-state index contributed by atoms with van der Waals surface area (Å²) in [7, 11) is 1.88. The molecule has 3 aromatic carbocycles. The zero-order chi connectivity index (χ0) is 21.1. The monoisotopic (exact) mass is 484 g/mol. The Morgan fingerprint density at radius 3 is 2.77 bits per heavy atom. The van der Waals surface area contributed by atoms with Gasteiger partial charge in [0, 0.05) is 17.9 Å². The number of thioether (sulfide) groups is 1. The number of nitrogens with one attached hydrogen (secondary N) is 1. The fraction of sp³-hybridized carbons (Fsp3) is 0.136. The van der Waals surface area contributed by atoms with E-state index in [0.717, 1.165) is 5.82 Å². The maximum Gasteiger partial charge on any atom is 0.234 e. The lowest BCUT2D eigenvalue weighted by Gasteiger charge is -2.08. The second-order valence-corrected chi connectivity index (χ2v) is 8.59. The van der Waals surface area contributed by atoms with Gasteiger partial charge in [0.25, 0.3) is 0 Å². The van der Waals surface area contributed by atoms with Crippen molar-refractivity contribution in [1.82, 2.24) is 14.8 Å². The molecule has 0 saturated carbocycles. The molecule has 1 N–H and O–H groups in total. The lowest BCUT2D eigenvalue weighted by molar-refractivity contribution is -0.113. The van der Waals surface area contributed by atoms with E-state index in [1.165, 1.54) is 40.2 Å². The molecule has 5 nitrogen and oxygen atoms in total. The molecule has 152 valence electrons. The highest BCUT2D eigenvalue weighted by Crippen LogP contribution is 2.23. The minimum Gasteiger partial charge on any atom is -0.323 e. The maximum absolute atomic E-state index is 13.9. The molecule has 0 aliphatic carbocycles. The van der Waals surface area contributed by atoms with Crippen LogP contribution < -0.4 is 5.32 Å². The van der Waals surface area contributed by atoms with Gasteiger partial charge in [0.2, 0.25) is 5.91 Å². The number of fused-ring (bicyclic) bond motifs is 1. The Bertz CT molecular complexity index is 1220. The average molecular weight is 485 g/mol. The number of benzene rings is 3. The minimum absolute atomic E-state index is 0.107. The molecule has 1 heterocycles. The molecule has 1 amide bonds. The van der Waals surface area contributed by atoms with Crippen molar-refractivity contribution in [2.24, 2.45) is 7.05 Å². The molecule has 30 heavy (non-hydrogen) atoms. The van der Waals surface area contributed by atoms with Crippen molar-refractivity contribution >= 4 is 50.1 Å². The third kappa shape index (κ3) is 4.55. The second kappa shape index (κ2) is 8.97. The molecule has 0 aliphatic heterocycles. The van der Waals surface area contributed by atoms with Crippen molar-refractivity contribution in [1.29, 1.82) is 0 Å². The first kappa shape index (κ1) is 20.6. The van der Waals surface area contributed by atoms with Crippen LogP contribution >= 0.6 is 27.7 Å². The third-order valence-electron chi connectivity index (χ3n) is 4.69. The molecule has 1 aromatic heterocycles. The number of halogens is 2. The van der Waals surface area contributed by atoms with Crippen LogP contribution in [0.15, 0.2) is 70.3 Å². The zero-order valence-electron chi connectivity index (χ0n) is 16.1. The second-order valence-electron chi connectivity index (χ2n) is 6.73. The summed E-state index contributed by atoms with van der Waals surface area (Å²) >= 11 is 4.46. The predicted octanol–water partition coefficient (Wildman–Crippen LogP) is 5.19. The van der Waals surface area contributed by atoms with Crippen LogP contribution in [0.1, 0.15) is 11.4 Å². The van der Waals surface area contributed by atoms with E-state index < -0.39 is 5.82 Å². The standard InChI is InChI=1S/C22H18BrFN4OS/c1-28-20(11-15-7-4-6-14-5-2-3-8-17(14)15)26-27-22(28)30-13-21(29)25-19-10-9-16(23)12-18(19)24/h2-10,12H,11,13H2,1H3,(H,25,29). The van der Waals surface area contributed by atoms with Crippen LogP contribution in [-0.2, 0) is 18.3 Å². The first-order valence-electron chi connectivity index (χ1n) is 9.24. The molecular weight excluding hydrogens is 467 g/mol. The van der Waals surface area contributed by atoms with E-state index in [9.17, 15) is 9.18 Å². The van der Waals surface area contributed by atoms with Crippen LogP contribution in [0.4, 0.5) is 10.1 Å². The van der Waals surface area contributed by atoms with Crippen LogP contribution in [-0.4, -0.2) is 26.4 Å². The fourth-order valence-electron chi connectivity index (χ4n) is 3.15. The number of carbonyl (C=O) groups excluding carboxylic acids is 1. The number of amides is 1. The van der Waals surface area contributed by atoms with Crippen LogP contribution in [0.5, 0.6) is 0 Å². The quantitative estimate of drug-likeness (QED) is 0.382. The van der Waals surface area contributed by atoms with Gasteiger partial charge < -0.3 is 9.88 Å². The molecule has 4 aromatic rings. The molecule has 0 atom stereocenters. The Labute approximate surface area is 185 Å². The predicted molar refractivity (Wildman–Crippen MR) is 121 cm³/mol. The number of carbonyl (C=O) groups is 1. The Balaban J connectivity index is 1.42. The van der Waals surface area contributed by atoms with Gasteiger partial charge in [-0.25, -0.2) is 4.39 Å². The largest absolute Gasteiger partial charge is 0.323 e. The Morgan fingerprint density at radius 1 is 1.13 bits per heavy atom. The van der Waals surface area contributed by atoms with Gasteiger partial charge in [-0.1, -0.05) is 70.2 Å². The summed E-state index contributed by atoms with van der Waals surface area (Å²) < 4.78 is 16.4. The molecule has 0 bridgehead atoms. The molecule has 4 rings (SSSR count). The summed E-state index contributed by atoms with van der Waals surface area (Å²) in [6.07, 6.45) is 0.641. The summed E-state index contributed by atoms with van der Waals surface area (Å²) in [5.74, 6) is 0.127. The molecular formula is C22H18BrFN4OS. The van der Waals surface area contributed by atoms with Crippen molar-refractivity contribution in [3.05, 3.63) is 82.3 Å². The molecule has 0 saturated heterocycles. The van der Waals surface area contributed by atoms with Gasteiger partial charge in [-0.15, -0.1) is 10.2 Å². The van der Waals surface area contributed by atoms with Crippen LogP contribution in [0.3, 0.4) is 0 Å². The maximum atomic E-state index is 13.9. The Morgan fingerprint density at radius 2 is 1.93 bits per heavy atom. The topological polar surface area (TPSA) is 59.8 Å². The van der Waals surface area contributed by atoms with E-state index in [4.69, 9.17) is 0 Å². The first-order chi connectivity index (χ1) is 14.5. The van der Waals surface area contributed by atoms with Crippen LogP contribution in [0.2, 0.25) is 0 Å². The average Bonchev–Trinajstić information content (AvgIpc) is 3.08. The highest BCUT2D eigenvalue weighted by atomic mass is 79.9. The highest BCUT2D eigenvalue weighted by Gasteiger charge is 2.14. The summed E-state index contributed by atoms with van der Waals surface area (Å²) in [6, 6.07) is 19.0. The lowest BCUT2D eigenvalue weighted by atomic mass is 10.0. The van der Waals surface area contributed by atoms with Gasteiger partial charge >= 0.3 is 0 Å². The molecule has 0 fully saturated rings. The van der Waals surface area contributed by atoms with E-state index in [0.29, 0.717) is 16.0 Å². The van der Waals surface area contributed by atoms with Gasteiger partial charge in [0.1, 0.15) is 11.6 Å². The van der Waals surface area contributed by atoms with Gasteiger partial charge in [-0.2, -0.15) is 0 Å². The minimum atomic E-state index is -0.487. The smallest absolute Gasteiger partial charge is 0.234 e. The van der Waals surface area contributed by atoms with Crippen molar-refractivity contribution < 1.29 is 9.18 Å². The summed E-state index contributed by atoms with van der Waals surface area (Å²) in [5.41, 5.74) is 1.32. The van der Waals surface area contributed by atoms with E-state index in [1.807, 2.05) is 29.8 Å². The first-order valence-corrected chi connectivity index (χ1v) is 11.0. The fourth-order valence-corrected chi connectivity index (χ4v) is 4.21. The molecule has 0 radical (unpaired) electrons. The number of aromatic nitrogens is 3. The highest BCUT2D eigenvalue weighted by molar-refractivity contribution is 9.10.